The molecule has 9 heteroatoms. The molecule has 7 nitrogen and oxygen atoms in total. The van der Waals surface area contributed by atoms with E-state index in [1.807, 2.05) is 0 Å². The van der Waals surface area contributed by atoms with Crippen molar-refractivity contribution in [2.24, 2.45) is 0 Å². The van der Waals surface area contributed by atoms with Crippen molar-refractivity contribution in [1.82, 2.24) is 9.78 Å². The number of Topliss-reactive ketones (excluding diaryl/α,β-unsaturated/α-hetero) is 1. The summed E-state index contributed by atoms with van der Waals surface area (Å²) in [5.41, 5.74) is 0.145. The Kier molecular flexibility index (Phi) is 4.47. The van der Waals surface area contributed by atoms with E-state index < -0.39 is 21.6 Å². The molecular weight excluding hydrogens is 361 g/mol. The van der Waals surface area contributed by atoms with Crippen LogP contribution in [0, 0.1) is 5.82 Å². The highest BCUT2D eigenvalue weighted by atomic mass is 32.2. The number of benzene rings is 2. The first kappa shape index (κ1) is 17.6. The number of halogens is 1. The first-order valence-electron chi connectivity index (χ1n) is 7.44. The first-order valence-corrected chi connectivity index (χ1v) is 8.92. The number of rotatable bonds is 5. The van der Waals surface area contributed by atoms with Gasteiger partial charge in [0.15, 0.2) is 5.78 Å². The fraction of sp³-hybridized carbons (Fsp3) is 0.0588. The predicted octanol–water partition coefficient (Wildman–Crippen LogP) is 2.72. The topological polar surface area (TPSA) is 101 Å². The molecular formula is C17H14FN3O4S. The van der Waals surface area contributed by atoms with E-state index in [0.717, 1.165) is 17.1 Å². The van der Waals surface area contributed by atoms with E-state index in [9.17, 15) is 22.7 Å². The average molecular weight is 375 g/mol. The van der Waals surface area contributed by atoms with E-state index >= 15 is 0 Å². The Morgan fingerprint density at radius 2 is 1.96 bits per heavy atom. The summed E-state index contributed by atoms with van der Waals surface area (Å²) < 4.78 is 42.3. The van der Waals surface area contributed by atoms with Crippen LogP contribution in [0.15, 0.2) is 59.8 Å². The molecule has 134 valence electrons. The third kappa shape index (κ3) is 3.42. The Bertz CT molecular complexity index is 1090. The van der Waals surface area contributed by atoms with Crippen LogP contribution in [0.25, 0.3) is 5.69 Å². The number of carbonyl (C=O) groups is 1. The zero-order chi connectivity index (χ0) is 18.9. The summed E-state index contributed by atoms with van der Waals surface area (Å²) in [6, 6.07) is 9.51. The second-order valence-electron chi connectivity index (χ2n) is 5.46. The lowest BCUT2D eigenvalue weighted by Crippen LogP contribution is -2.14. The molecule has 1 heterocycles. The number of phenols is 1. The lowest BCUT2D eigenvalue weighted by Gasteiger charge is -2.10. The number of nitrogens with one attached hydrogen (secondary N) is 1. The van der Waals surface area contributed by atoms with Gasteiger partial charge in [-0.05, 0) is 37.3 Å². The highest BCUT2D eigenvalue weighted by Gasteiger charge is 2.20. The molecule has 3 rings (SSSR count). The molecule has 0 fully saturated rings. The van der Waals surface area contributed by atoms with Crippen LogP contribution in [-0.4, -0.2) is 29.1 Å². The van der Waals surface area contributed by atoms with Gasteiger partial charge >= 0.3 is 0 Å². The van der Waals surface area contributed by atoms with Crippen molar-refractivity contribution >= 4 is 21.5 Å². The van der Waals surface area contributed by atoms with Crippen molar-refractivity contribution < 1.29 is 22.7 Å². The molecule has 2 N–H and O–H groups in total. The highest BCUT2D eigenvalue weighted by molar-refractivity contribution is 7.92. The number of aromatic hydroxyl groups is 1. The lowest BCUT2D eigenvalue weighted by atomic mass is 10.1. The third-order valence-corrected chi connectivity index (χ3v) is 4.92. The summed E-state index contributed by atoms with van der Waals surface area (Å²) in [4.78, 5) is 11.5. The molecule has 0 radical (unpaired) electrons. The Hall–Kier alpha value is -3.20. The number of nitrogens with zero attached hydrogens (tertiary/aromatic N) is 2. The molecule has 0 aliphatic heterocycles. The Morgan fingerprint density at radius 3 is 2.65 bits per heavy atom. The lowest BCUT2D eigenvalue weighted by molar-refractivity contribution is 0.101. The van der Waals surface area contributed by atoms with Crippen LogP contribution >= 0.6 is 0 Å². The summed E-state index contributed by atoms with van der Waals surface area (Å²) >= 11 is 0. The zero-order valence-corrected chi connectivity index (χ0v) is 14.4. The number of para-hydroxylation sites is 1. The number of carbonyl (C=O) groups excluding carboxylic acids is 1. The van der Waals surface area contributed by atoms with Crippen molar-refractivity contribution in [1.29, 1.82) is 0 Å². The summed E-state index contributed by atoms with van der Waals surface area (Å²) in [5, 5.41) is 13.4. The second kappa shape index (κ2) is 6.60. The van der Waals surface area contributed by atoms with Crippen LogP contribution in [0.4, 0.5) is 10.1 Å². The minimum atomic E-state index is -4.07. The number of hydrogen-bond donors (Lipinski definition) is 2. The molecule has 0 saturated heterocycles. The first-order chi connectivity index (χ1) is 12.3. The van der Waals surface area contributed by atoms with E-state index in [1.54, 1.807) is 6.07 Å². The largest absolute Gasteiger partial charge is 0.508 e. The van der Waals surface area contributed by atoms with Crippen molar-refractivity contribution in [2.75, 3.05) is 4.72 Å². The molecule has 0 amide bonds. The van der Waals surface area contributed by atoms with Gasteiger partial charge in [-0.15, -0.1) is 0 Å². The quantitative estimate of drug-likeness (QED) is 0.527. The monoisotopic (exact) mass is 375 g/mol. The number of sulfonamides is 1. The summed E-state index contributed by atoms with van der Waals surface area (Å²) in [7, 11) is -4.07. The maximum Gasteiger partial charge on any atom is 0.265 e. The molecule has 0 aliphatic rings. The van der Waals surface area contributed by atoms with E-state index in [-0.39, 0.29) is 27.6 Å². The second-order valence-corrected chi connectivity index (χ2v) is 7.15. The van der Waals surface area contributed by atoms with Crippen molar-refractivity contribution in [3.8, 4) is 11.4 Å². The summed E-state index contributed by atoms with van der Waals surface area (Å²) in [6.45, 7) is 1.25. The number of ketones is 1. The Morgan fingerprint density at radius 1 is 1.23 bits per heavy atom. The molecule has 0 atom stereocenters. The fourth-order valence-electron chi connectivity index (χ4n) is 2.33. The summed E-state index contributed by atoms with van der Waals surface area (Å²) in [6.07, 6.45) is 2.23. The third-order valence-electron chi connectivity index (χ3n) is 3.60. The molecule has 0 spiro atoms. The number of aromatic nitrogens is 2. The van der Waals surface area contributed by atoms with Gasteiger partial charge in [0, 0.05) is 5.56 Å². The van der Waals surface area contributed by atoms with Crippen LogP contribution in [0.1, 0.15) is 17.3 Å². The van der Waals surface area contributed by atoms with Gasteiger partial charge in [0.1, 0.15) is 22.1 Å². The van der Waals surface area contributed by atoms with Crippen molar-refractivity contribution in [3.05, 3.63) is 66.2 Å². The van der Waals surface area contributed by atoms with Crippen LogP contribution in [-0.2, 0) is 10.0 Å². The van der Waals surface area contributed by atoms with Gasteiger partial charge in [0.05, 0.1) is 18.1 Å². The van der Waals surface area contributed by atoms with Crippen LogP contribution < -0.4 is 4.72 Å². The van der Waals surface area contributed by atoms with Gasteiger partial charge in [0.2, 0.25) is 0 Å². The van der Waals surface area contributed by atoms with Crippen molar-refractivity contribution in [3.63, 3.8) is 0 Å². The van der Waals surface area contributed by atoms with Gasteiger partial charge < -0.3 is 5.11 Å². The average Bonchev–Trinajstić information content (AvgIpc) is 3.07. The molecule has 0 saturated carbocycles. The van der Waals surface area contributed by atoms with Gasteiger partial charge in [-0.1, -0.05) is 12.1 Å². The Balaban J connectivity index is 1.96. The molecule has 0 aliphatic carbocycles. The maximum absolute atomic E-state index is 13.8. The van der Waals surface area contributed by atoms with E-state index in [2.05, 4.69) is 9.82 Å². The maximum atomic E-state index is 13.8. The highest BCUT2D eigenvalue weighted by Crippen LogP contribution is 2.25. The smallest absolute Gasteiger partial charge is 0.265 e. The van der Waals surface area contributed by atoms with Gasteiger partial charge in [-0.2, -0.15) is 5.10 Å². The van der Waals surface area contributed by atoms with Crippen LogP contribution in [0.5, 0.6) is 5.75 Å². The molecule has 0 unspecified atom stereocenters. The van der Waals surface area contributed by atoms with Crippen molar-refractivity contribution in [2.45, 2.75) is 11.8 Å². The minimum absolute atomic E-state index is 0.0222. The predicted molar refractivity (Wildman–Crippen MR) is 92.4 cm³/mol. The minimum Gasteiger partial charge on any atom is -0.508 e. The van der Waals surface area contributed by atoms with Gasteiger partial charge in [-0.3, -0.25) is 9.52 Å². The van der Waals surface area contributed by atoms with E-state index in [1.165, 1.54) is 43.3 Å². The SMILES string of the molecule is CC(=O)c1cc(O)ccc1NS(=O)(=O)c1cnn(-c2ccccc2F)c1. The molecule has 2 aromatic carbocycles. The van der Waals surface area contributed by atoms with Crippen LogP contribution in [0.2, 0.25) is 0 Å². The Labute approximate surface area is 148 Å². The van der Waals surface area contributed by atoms with E-state index in [4.69, 9.17) is 0 Å². The fourth-order valence-corrected chi connectivity index (χ4v) is 3.34. The van der Waals surface area contributed by atoms with E-state index in [0.29, 0.717) is 0 Å². The van der Waals surface area contributed by atoms with Gasteiger partial charge in [0.25, 0.3) is 10.0 Å². The molecule has 1 aromatic heterocycles. The standard InChI is InChI=1S/C17H14FN3O4S/c1-11(22)14-8-12(23)6-7-16(14)20-26(24,25)13-9-19-21(10-13)17-5-3-2-4-15(17)18/h2-10,20,23H,1H3. The summed E-state index contributed by atoms with van der Waals surface area (Å²) in [5.74, 6) is -1.13. The van der Waals surface area contributed by atoms with Crippen LogP contribution in [0.3, 0.4) is 0 Å². The molecule has 3 aromatic rings. The number of hydrogen-bond acceptors (Lipinski definition) is 5. The molecule has 0 bridgehead atoms. The zero-order valence-electron chi connectivity index (χ0n) is 13.5. The number of anilines is 1. The molecule has 26 heavy (non-hydrogen) atoms. The van der Waals surface area contributed by atoms with Gasteiger partial charge in [-0.25, -0.2) is 17.5 Å². The number of phenolic OH excluding ortho intramolecular Hbond substituents is 1. The normalized spacial score (nSPS) is 11.3.